The van der Waals surface area contributed by atoms with Gasteiger partial charge in [0.1, 0.15) is 0 Å². The van der Waals surface area contributed by atoms with E-state index < -0.39 is 5.97 Å². The van der Waals surface area contributed by atoms with E-state index in [0.717, 1.165) is 25.6 Å². The fourth-order valence-corrected chi connectivity index (χ4v) is 3.62. The van der Waals surface area contributed by atoms with Gasteiger partial charge in [0.25, 0.3) is 5.91 Å². The first-order valence-electron chi connectivity index (χ1n) is 9.95. The minimum Gasteiger partial charge on any atom is -0.462 e. The molecule has 1 N–H and O–H groups in total. The molecule has 1 amide bonds. The second-order valence-corrected chi connectivity index (χ2v) is 7.40. The van der Waals surface area contributed by atoms with Gasteiger partial charge < -0.3 is 10.1 Å². The van der Waals surface area contributed by atoms with Crippen molar-refractivity contribution in [3.05, 3.63) is 65.2 Å². The molecule has 1 aliphatic rings. The van der Waals surface area contributed by atoms with E-state index in [1.54, 1.807) is 31.2 Å². The van der Waals surface area contributed by atoms with Crippen molar-refractivity contribution in [1.82, 2.24) is 4.90 Å². The second kappa shape index (κ2) is 9.51. The Balaban J connectivity index is 1.65. The monoisotopic (exact) mass is 380 g/mol. The predicted molar refractivity (Wildman–Crippen MR) is 110 cm³/mol. The van der Waals surface area contributed by atoms with Crippen molar-refractivity contribution in [2.45, 2.75) is 33.2 Å². The van der Waals surface area contributed by atoms with Gasteiger partial charge in [-0.15, -0.1) is 0 Å². The zero-order valence-corrected chi connectivity index (χ0v) is 16.6. The van der Waals surface area contributed by atoms with Crippen LogP contribution in [-0.4, -0.2) is 36.5 Å². The summed E-state index contributed by atoms with van der Waals surface area (Å²) in [5, 5.41) is 2.82. The summed E-state index contributed by atoms with van der Waals surface area (Å²) in [6.45, 7) is 7.53. The van der Waals surface area contributed by atoms with Crippen LogP contribution in [0.5, 0.6) is 0 Å². The van der Waals surface area contributed by atoms with Gasteiger partial charge in [0.05, 0.1) is 17.9 Å². The maximum absolute atomic E-state index is 12.6. The lowest BCUT2D eigenvalue weighted by Crippen LogP contribution is -2.33. The number of hydrogen-bond donors (Lipinski definition) is 1. The van der Waals surface area contributed by atoms with E-state index in [1.165, 1.54) is 18.4 Å². The maximum atomic E-state index is 12.6. The molecule has 2 aromatic carbocycles. The summed E-state index contributed by atoms with van der Waals surface area (Å²) in [6, 6.07) is 14.6. The molecule has 0 aromatic heterocycles. The average molecular weight is 380 g/mol. The predicted octanol–water partition coefficient (Wildman–Crippen LogP) is 4.35. The van der Waals surface area contributed by atoms with Crippen molar-refractivity contribution < 1.29 is 14.3 Å². The van der Waals surface area contributed by atoms with Gasteiger partial charge in [-0.25, -0.2) is 4.79 Å². The van der Waals surface area contributed by atoms with Gasteiger partial charge in [-0.1, -0.05) is 31.2 Å². The number of rotatable bonds is 6. The van der Waals surface area contributed by atoms with Crippen LogP contribution in [0.15, 0.2) is 48.5 Å². The highest BCUT2D eigenvalue weighted by Gasteiger charge is 2.17. The zero-order chi connectivity index (χ0) is 19.9. The van der Waals surface area contributed by atoms with Crippen LogP contribution in [0.2, 0.25) is 0 Å². The number of nitrogens with zero attached hydrogens (tertiary/aromatic N) is 1. The molecule has 1 fully saturated rings. The fourth-order valence-electron chi connectivity index (χ4n) is 3.62. The van der Waals surface area contributed by atoms with Gasteiger partial charge in [-0.3, -0.25) is 9.69 Å². The van der Waals surface area contributed by atoms with Gasteiger partial charge in [0.2, 0.25) is 0 Å². The molecule has 1 atom stereocenters. The summed E-state index contributed by atoms with van der Waals surface area (Å²) in [7, 11) is 0. The van der Waals surface area contributed by atoms with Crippen molar-refractivity contribution in [3.63, 3.8) is 0 Å². The Morgan fingerprint density at radius 1 is 1.14 bits per heavy atom. The molecule has 0 aliphatic carbocycles. The summed E-state index contributed by atoms with van der Waals surface area (Å²) >= 11 is 0. The minimum absolute atomic E-state index is 0.241. The van der Waals surface area contributed by atoms with Crippen molar-refractivity contribution in [2.75, 3.05) is 25.0 Å². The van der Waals surface area contributed by atoms with Crippen molar-refractivity contribution in [2.24, 2.45) is 5.92 Å². The van der Waals surface area contributed by atoms with E-state index in [1.807, 2.05) is 24.3 Å². The van der Waals surface area contributed by atoms with Gasteiger partial charge >= 0.3 is 5.97 Å². The fraction of sp³-hybridized carbons (Fsp3) is 0.391. The Morgan fingerprint density at radius 3 is 2.61 bits per heavy atom. The highest BCUT2D eigenvalue weighted by Crippen LogP contribution is 2.20. The second-order valence-electron chi connectivity index (χ2n) is 7.40. The molecule has 1 aliphatic heterocycles. The van der Waals surface area contributed by atoms with E-state index in [-0.39, 0.29) is 5.91 Å². The SMILES string of the molecule is CCOC(=O)c1ccccc1NC(=O)c1ccc(CN2CCC[C@H](C)C2)cc1. The lowest BCUT2D eigenvalue weighted by atomic mass is 9.99. The van der Waals surface area contributed by atoms with E-state index in [2.05, 4.69) is 17.1 Å². The Labute approximate surface area is 166 Å². The Morgan fingerprint density at radius 2 is 1.89 bits per heavy atom. The number of nitrogens with one attached hydrogen (secondary N) is 1. The molecule has 0 bridgehead atoms. The summed E-state index contributed by atoms with van der Waals surface area (Å²) in [5.74, 6) is 0.0673. The highest BCUT2D eigenvalue weighted by atomic mass is 16.5. The molecule has 148 valence electrons. The number of benzene rings is 2. The molecular formula is C23H28N2O3. The number of amides is 1. The van der Waals surface area contributed by atoms with Crippen LogP contribution in [0, 0.1) is 5.92 Å². The normalized spacial score (nSPS) is 17.1. The van der Waals surface area contributed by atoms with Gasteiger partial charge in [-0.05, 0) is 62.1 Å². The molecule has 3 rings (SSSR count). The number of carbonyl (C=O) groups is 2. The molecule has 0 radical (unpaired) electrons. The Kier molecular flexibility index (Phi) is 6.82. The molecule has 28 heavy (non-hydrogen) atoms. The van der Waals surface area contributed by atoms with Gasteiger partial charge in [0, 0.05) is 18.7 Å². The topological polar surface area (TPSA) is 58.6 Å². The van der Waals surface area contributed by atoms with E-state index in [0.29, 0.717) is 23.4 Å². The van der Waals surface area contributed by atoms with E-state index >= 15 is 0 Å². The molecule has 2 aromatic rings. The van der Waals surface area contributed by atoms with Crippen LogP contribution in [0.3, 0.4) is 0 Å². The van der Waals surface area contributed by atoms with Crippen molar-refractivity contribution in [1.29, 1.82) is 0 Å². The summed E-state index contributed by atoms with van der Waals surface area (Å²) in [4.78, 5) is 27.2. The van der Waals surface area contributed by atoms with Crippen LogP contribution in [0.25, 0.3) is 0 Å². The number of piperidine rings is 1. The molecule has 1 saturated heterocycles. The number of para-hydroxylation sites is 1. The summed E-state index contributed by atoms with van der Waals surface area (Å²) in [6.07, 6.45) is 2.56. The lowest BCUT2D eigenvalue weighted by molar-refractivity contribution is 0.0527. The van der Waals surface area contributed by atoms with Crippen LogP contribution in [-0.2, 0) is 11.3 Å². The van der Waals surface area contributed by atoms with E-state index in [4.69, 9.17) is 4.74 Å². The van der Waals surface area contributed by atoms with Crippen LogP contribution in [0.1, 0.15) is 53.0 Å². The first kappa shape index (κ1) is 20.1. The smallest absolute Gasteiger partial charge is 0.340 e. The third-order valence-electron chi connectivity index (χ3n) is 5.03. The average Bonchev–Trinajstić information content (AvgIpc) is 2.69. The summed E-state index contributed by atoms with van der Waals surface area (Å²) in [5.41, 5.74) is 2.58. The first-order valence-corrected chi connectivity index (χ1v) is 9.95. The molecule has 5 nitrogen and oxygen atoms in total. The highest BCUT2D eigenvalue weighted by molar-refractivity contribution is 6.08. The molecule has 0 saturated carbocycles. The molecular weight excluding hydrogens is 352 g/mol. The number of likely N-dealkylation sites (tertiary alicyclic amines) is 1. The van der Waals surface area contributed by atoms with Gasteiger partial charge in [-0.2, -0.15) is 0 Å². The van der Waals surface area contributed by atoms with Crippen LogP contribution in [0.4, 0.5) is 5.69 Å². The number of carbonyl (C=O) groups excluding carboxylic acids is 2. The number of ether oxygens (including phenoxy) is 1. The Bertz CT molecular complexity index is 817. The lowest BCUT2D eigenvalue weighted by Gasteiger charge is -2.30. The van der Waals surface area contributed by atoms with Gasteiger partial charge in [0.15, 0.2) is 0 Å². The number of anilines is 1. The summed E-state index contributed by atoms with van der Waals surface area (Å²) < 4.78 is 5.06. The van der Waals surface area contributed by atoms with Crippen molar-refractivity contribution >= 4 is 17.6 Å². The molecule has 0 unspecified atom stereocenters. The standard InChI is InChI=1S/C23H28N2O3/c1-3-28-23(27)20-8-4-5-9-21(20)24-22(26)19-12-10-18(11-13-19)16-25-14-6-7-17(2)15-25/h4-5,8-13,17H,3,6-7,14-16H2,1-2H3,(H,24,26)/t17-/m0/s1. The third-order valence-corrected chi connectivity index (χ3v) is 5.03. The van der Waals surface area contributed by atoms with Crippen molar-refractivity contribution in [3.8, 4) is 0 Å². The van der Waals surface area contributed by atoms with E-state index in [9.17, 15) is 9.59 Å². The molecule has 1 heterocycles. The maximum Gasteiger partial charge on any atom is 0.340 e. The zero-order valence-electron chi connectivity index (χ0n) is 16.6. The Hall–Kier alpha value is -2.66. The quantitative estimate of drug-likeness (QED) is 0.757. The first-order chi connectivity index (χ1) is 13.6. The molecule has 0 spiro atoms. The number of esters is 1. The number of hydrogen-bond acceptors (Lipinski definition) is 4. The van der Waals surface area contributed by atoms with Crippen LogP contribution < -0.4 is 5.32 Å². The molecule has 5 heteroatoms. The van der Waals surface area contributed by atoms with Crippen LogP contribution >= 0.6 is 0 Å². The third kappa shape index (κ3) is 5.20. The minimum atomic E-state index is -0.440. The largest absolute Gasteiger partial charge is 0.462 e.